The average Bonchev–Trinajstić information content (AvgIpc) is 2.09. The van der Waals surface area contributed by atoms with E-state index < -0.39 is 0 Å². The summed E-state index contributed by atoms with van der Waals surface area (Å²) in [6.07, 6.45) is 2.86. The number of carbonyl (C=O) groups excluding carboxylic acids is 1. The second-order valence-corrected chi connectivity index (χ2v) is 1.86. The number of aliphatic imine (C=N–C) groups is 1. The predicted octanol–water partition coefficient (Wildman–Crippen LogP) is 1.51. The predicted molar refractivity (Wildman–Crippen MR) is 40.5 cm³/mol. The molecule has 4 nitrogen and oxygen atoms in total. The lowest BCUT2D eigenvalue weighted by molar-refractivity contribution is 0.508. The van der Waals surface area contributed by atoms with Crippen LogP contribution in [0.2, 0.25) is 0 Å². The van der Waals surface area contributed by atoms with Crippen LogP contribution in [-0.2, 0) is 4.79 Å². The number of hydrogen-bond acceptors (Lipinski definition) is 4. The molecular weight excluding hydrogens is 156 g/mol. The molecule has 1 aromatic carbocycles. The first-order chi connectivity index (χ1) is 5.88. The first-order valence-corrected chi connectivity index (χ1v) is 3.11. The number of ether oxygens (including phenoxy) is 1. The smallest absolute Gasteiger partial charge is 0.292 e. The van der Waals surface area contributed by atoms with Crippen molar-refractivity contribution in [3.63, 3.8) is 0 Å². The van der Waals surface area contributed by atoms with Gasteiger partial charge in [-0.15, -0.1) is 5.26 Å². The quantitative estimate of drug-likeness (QED) is 0.374. The van der Waals surface area contributed by atoms with E-state index in [0.29, 0.717) is 5.69 Å². The molecule has 0 amide bonds. The van der Waals surface area contributed by atoms with Crippen molar-refractivity contribution in [3.8, 4) is 12.0 Å². The molecule has 0 fully saturated rings. The summed E-state index contributed by atoms with van der Waals surface area (Å²) in [5, 5.41) is 8.20. The normalized spacial score (nSPS) is 7.92. The molecule has 0 aliphatic heterocycles. The van der Waals surface area contributed by atoms with Crippen molar-refractivity contribution in [1.82, 2.24) is 0 Å². The topological polar surface area (TPSA) is 62.4 Å². The molecule has 0 aliphatic rings. The Morgan fingerprint density at radius 1 is 1.42 bits per heavy atom. The molecule has 58 valence electrons. The van der Waals surface area contributed by atoms with Gasteiger partial charge in [0.1, 0.15) is 5.69 Å². The zero-order chi connectivity index (χ0) is 8.81. The molecule has 0 N–H and O–H groups in total. The SMILES string of the molecule is N#COc1ccccc1N=C=O. The van der Waals surface area contributed by atoms with Crippen LogP contribution in [-0.4, -0.2) is 6.08 Å². The van der Waals surface area contributed by atoms with Crippen molar-refractivity contribution >= 4 is 11.8 Å². The minimum absolute atomic E-state index is 0.253. The minimum atomic E-state index is 0.253. The molecule has 0 spiro atoms. The molecule has 0 aromatic heterocycles. The van der Waals surface area contributed by atoms with E-state index in [1.54, 1.807) is 24.3 Å². The van der Waals surface area contributed by atoms with Gasteiger partial charge < -0.3 is 4.74 Å². The van der Waals surface area contributed by atoms with Crippen LogP contribution in [0.3, 0.4) is 0 Å². The maximum atomic E-state index is 9.90. The zero-order valence-corrected chi connectivity index (χ0v) is 6.02. The molecular formula is C8H4N2O2. The lowest BCUT2D eigenvalue weighted by Gasteiger charge is -1.96. The van der Waals surface area contributed by atoms with Crippen molar-refractivity contribution in [2.24, 2.45) is 4.99 Å². The van der Waals surface area contributed by atoms with Crippen LogP contribution >= 0.6 is 0 Å². The van der Waals surface area contributed by atoms with Gasteiger partial charge in [-0.25, -0.2) is 4.79 Å². The number of benzene rings is 1. The van der Waals surface area contributed by atoms with Gasteiger partial charge in [0.2, 0.25) is 6.08 Å². The van der Waals surface area contributed by atoms with E-state index >= 15 is 0 Å². The summed E-state index contributed by atoms with van der Waals surface area (Å²) >= 11 is 0. The summed E-state index contributed by atoms with van der Waals surface area (Å²) in [6.45, 7) is 0. The molecule has 1 aromatic rings. The van der Waals surface area contributed by atoms with Gasteiger partial charge in [0.05, 0.1) is 0 Å². The van der Waals surface area contributed by atoms with Crippen LogP contribution in [0.1, 0.15) is 0 Å². The van der Waals surface area contributed by atoms with Gasteiger partial charge in [0.15, 0.2) is 5.75 Å². The second kappa shape index (κ2) is 3.91. The van der Waals surface area contributed by atoms with E-state index in [1.807, 2.05) is 0 Å². The summed E-state index contributed by atoms with van der Waals surface area (Å²) < 4.78 is 4.52. The van der Waals surface area contributed by atoms with Crippen molar-refractivity contribution in [3.05, 3.63) is 24.3 Å². The second-order valence-electron chi connectivity index (χ2n) is 1.86. The van der Waals surface area contributed by atoms with Crippen molar-refractivity contribution in [2.45, 2.75) is 0 Å². The Morgan fingerprint density at radius 3 is 2.83 bits per heavy atom. The Labute approximate surface area is 68.7 Å². The highest BCUT2D eigenvalue weighted by molar-refractivity contribution is 5.57. The monoisotopic (exact) mass is 160 g/mol. The maximum absolute atomic E-state index is 9.90. The van der Waals surface area contributed by atoms with Gasteiger partial charge in [0, 0.05) is 0 Å². The van der Waals surface area contributed by atoms with E-state index in [-0.39, 0.29) is 5.75 Å². The standard InChI is InChI=1S/C8H4N2O2/c9-5-12-8-4-2-1-3-7(8)10-6-11/h1-4H. The van der Waals surface area contributed by atoms with E-state index in [2.05, 4.69) is 9.73 Å². The molecule has 0 bridgehead atoms. The number of para-hydroxylation sites is 2. The van der Waals surface area contributed by atoms with Crippen LogP contribution in [0.4, 0.5) is 5.69 Å². The molecule has 0 atom stereocenters. The summed E-state index contributed by atoms with van der Waals surface area (Å²) in [6, 6.07) is 6.45. The fourth-order valence-electron chi connectivity index (χ4n) is 0.734. The van der Waals surface area contributed by atoms with Gasteiger partial charge in [-0.05, 0) is 12.1 Å². The molecule has 0 saturated heterocycles. The van der Waals surface area contributed by atoms with Crippen molar-refractivity contribution in [2.75, 3.05) is 0 Å². The Kier molecular flexibility index (Phi) is 2.61. The number of hydrogen-bond donors (Lipinski definition) is 0. The maximum Gasteiger partial charge on any atom is 0.292 e. The fraction of sp³-hybridized carbons (Fsp3) is 0. The first-order valence-electron chi connectivity index (χ1n) is 3.11. The van der Waals surface area contributed by atoms with E-state index in [1.165, 1.54) is 12.3 Å². The van der Waals surface area contributed by atoms with Gasteiger partial charge in [-0.1, -0.05) is 12.1 Å². The summed E-state index contributed by atoms with van der Waals surface area (Å²) in [5.74, 6) is 0.253. The van der Waals surface area contributed by atoms with Crippen LogP contribution in [0.15, 0.2) is 29.3 Å². The molecule has 4 heteroatoms. The molecule has 0 radical (unpaired) electrons. The third-order valence-corrected chi connectivity index (χ3v) is 1.19. The first kappa shape index (κ1) is 7.99. The summed E-state index contributed by atoms with van der Waals surface area (Å²) in [4.78, 5) is 13.2. The Bertz CT molecular complexity index is 362. The van der Waals surface area contributed by atoms with Gasteiger partial charge in [-0.3, -0.25) is 0 Å². The van der Waals surface area contributed by atoms with Gasteiger partial charge >= 0.3 is 0 Å². The molecule has 0 aliphatic carbocycles. The lowest BCUT2D eigenvalue weighted by Crippen LogP contribution is -1.81. The lowest BCUT2D eigenvalue weighted by atomic mass is 10.3. The Morgan fingerprint density at radius 2 is 2.17 bits per heavy atom. The third-order valence-electron chi connectivity index (χ3n) is 1.19. The summed E-state index contributed by atoms with van der Waals surface area (Å²) in [5.41, 5.74) is 0.300. The van der Waals surface area contributed by atoms with Gasteiger partial charge in [0.25, 0.3) is 6.26 Å². The Hall–Kier alpha value is -2.11. The minimum Gasteiger partial charge on any atom is -0.386 e. The van der Waals surface area contributed by atoms with Gasteiger partial charge in [-0.2, -0.15) is 4.99 Å². The number of rotatable bonds is 2. The average molecular weight is 160 g/mol. The van der Waals surface area contributed by atoms with Crippen molar-refractivity contribution < 1.29 is 9.53 Å². The molecule has 0 unspecified atom stereocenters. The van der Waals surface area contributed by atoms with E-state index in [9.17, 15) is 4.79 Å². The van der Waals surface area contributed by atoms with Crippen LogP contribution in [0, 0.1) is 11.5 Å². The molecule has 12 heavy (non-hydrogen) atoms. The van der Waals surface area contributed by atoms with Crippen LogP contribution in [0.5, 0.6) is 5.75 Å². The number of isocyanates is 1. The highest BCUT2D eigenvalue weighted by Gasteiger charge is 1.99. The number of nitriles is 1. The van der Waals surface area contributed by atoms with Crippen LogP contribution in [0.25, 0.3) is 0 Å². The molecule has 0 saturated carbocycles. The Balaban J connectivity index is 3.09. The zero-order valence-electron chi connectivity index (χ0n) is 6.02. The molecule has 1 rings (SSSR count). The highest BCUT2D eigenvalue weighted by Crippen LogP contribution is 2.25. The third kappa shape index (κ3) is 1.69. The molecule has 0 heterocycles. The fourth-order valence-corrected chi connectivity index (χ4v) is 0.734. The highest BCUT2D eigenvalue weighted by atomic mass is 16.5. The van der Waals surface area contributed by atoms with Crippen LogP contribution < -0.4 is 4.74 Å². The number of nitrogens with zero attached hydrogens (tertiary/aromatic N) is 2. The largest absolute Gasteiger partial charge is 0.386 e. The van der Waals surface area contributed by atoms with E-state index in [0.717, 1.165) is 0 Å². The van der Waals surface area contributed by atoms with E-state index in [4.69, 9.17) is 5.26 Å². The summed E-state index contributed by atoms with van der Waals surface area (Å²) in [7, 11) is 0. The van der Waals surface area contributed by atoms with Crippen molar-refractivity contribution in [1.29, 1.82) is 5.26 Å².